The summed E-state index contributed by atoms with van der Waals surface area (Å²) in [6.45, 7) is 7.95. The first-order valence-corrected chi connectivity index (χ1v) is 8.14. The standard InChI is InChI=1S/C17H20N3OS/c1-12(21)20-14(13-8-6-5-7-9-13)15(18-17(2,3)4)19-10-11-22-16(19)20/h5-11,18H,1-4H3/q+1. The van der Waals surface area contributed by atoms with E-state index in [2.05, 4.69) is 30.5 Å². The van der Waals surface area contributed by atoms with E-state index in [-0.39, 0.29) is 11.4 Å². The molecular formula is C17H20N3OS+. The van der Waals surface area contributed by atoms with Crippen molar-refractivity contribution in [1.82, 2.24) is 4.57 Å². The Balaban J connectivity index is 2.36. The number of anilines is 1. The van der Waals surface area contributed by atoms with Crippen LogP contribution in [0.25, 0.3) is 16.2 Å². The van der Waals surface area contributed by atoms with E-state index in [0.29, 0.717) is 0 Å². The van der Waals surface area contributed by atoms with Crippen LogP contribution in [-0.4, -0.2) is 16.0 Å². The number of benzene rings is 1. The van der Waals surface area contributed by atoms with Gasteiger partial charge < -0.3 is 0 Å². The number of aromatic nitrogens is 2. The minimum Gasteiger partial charge on any atom is -0.298 e. The van der Waals surface area contributed by atoms with E-state index in [4.69, 9.17) is 0 Å². The molecule has 0 fully saturated rings. The molecule has 22 heavy (non-hydrogen) atoms. The normalized spacial score (nSPS) is 11.8. The van der Waals surface area contributed by atoms with Crippen LogP contribution in [0.2, 0.25) is 0 Å². The Labute approximate surface area is 134 Å². The van der Waals surface area contributed by atoms with Crippen LogP contribution in [0.5, 0.6) is 0 Å². The summed E-state index contributed by atoms with van der Waals surface area (Å²) in [5.41, 5.74) is 1.84. The van der Waals surface area contributed by atoms with Crippen LogP contribution in [0.3, 0.4) is 0 Å². The van der Waals surface area contributed by atoms with E-state index < -0.39 is 0 Å². The van der Waals surface area contributed by atoms with Crippen molar-refractivity contribution < 1.29 is 9.20 Å². The molecule has 0 amide bonds. The zero-order valence-corrected chi connectivity index (χ0v) is 14.1. The molecule has 4 nitrogen and oxygen atoms in total. The van der Waals surface area contributed by atoms with Crippen molar-refractivity contribution in [3.63, 3.8) is 0 Å². The van der Waals surface area contributed by atoms with Gasteiger partial charge in [-0.15, -0.1) is 0 Å². The minimum atomic E-state index is -0.103. The molecule has 0 saturated carbocycles. The summed E-state index contributed by atoms with van der Waals surface area (Å²) in [4.78, 5) is 13.2. The van der Waals surface area contributed by atoms with Crippen molar-refractivity contribution in [1.29, 1.82) is 0 Å². The number of nitrogens with one attached hydrogen (secondary N) is 1. The highest BCUT2D eigenvalue weighted by molar-refractivity contribution is 7.14. The molecule has 1 N–H and O–H groups in total. The van der Waals surface area contributed by atoms with Crippen molar-refractivity contribution >= 4 is 28.0 Å². The molecule has 0 spiro atoms. The first-order valence-electron chi connectivity index (χ1n) is 7.26. The van der Waals surface area contributed by atoms with E-state index in [1.807, 2.05) is 41.9 Å². The Hall–Kier alpha value is -2.14. The van der Waals surface area contributed by atoms with Crippen molar-refractivity contribution in [3.05, 3.63) is 41.9 Å². The maximum atomic E-state index is 12.3. The van der Waals surface area contributed by atoms with Crippen molar-refractivity contribution in [2.75, 3.05) is 5.32 Å². The van der Waals surface area contributed by atoms with Gasteiger partial charge in [-0.25, -0.2) is 0 Å². The first kappa shape index (κ1) is 14.8. The second kappa shape index (κ2) is 5.25. The lowest BCUT2D eigenvalue weighted by molar-refractivity contribution is -0.490. The average Bonchev–Trinajstić information content (AvgIpc) is 2.99. The smallest absolute Gasteiger partial charge is 0.298 e. The predicted molar refractivity (Wildman–Crippen MR) is 90.6 cm³/mol. The topological polar surface area (TPSA) is 38.1 Å². The van der Waals surface area contributed by atoms with E-state index >= 15 is 0 Å². The molecule has 2 aromatic heterocycles. The summed E-state index contributed by atoms with van der Waals surface area (Å²) < 4.78 is 3.84. The SMILES string of the molecule is CC(=O)n1c(-c2ccccc2)c(NC(C)(C)C)[n+]2ccsc12. The highest BCUT2D eigenvalue weighted by atomic mass is 32.1. The van der Waals surface area contributed by atoms with Gasteiger partial charge in [0.2, 0.25) is 0 Å². The third-order valence-corrected chi connectivity index (χ3v) is 4.17. The van der Waals surface area contributed by atoms with Crippen LogP contribution in [0.15, 0.2) is 41.9 Å². The maximum absolute atomic E-state index is 12.3. The molecule has 3 aromatic rings. The highest BCUT2D eigenvalue weighted by Gasteiger charge is 2.31. The number of hydrogen-bond acceptors (Lipinski definition) is 3. The van der Waals surface area contributed by atoms with E-state index in [1.165, 1.54) is 0 Å². The van der Waals surface area contributed by atoms with Crippen LogP contribution >= 0.6 is 11.3 Å². The monoisotopic (exact) mass is 314 g/mol. The Kier molecular flexibility index (Phi) is 3.53. The van der Waals surface area contributed by atoms with Gasteiger partial charge >= 0.3 is 0 Å². The van der Waals surface area contributed by atoms with Crippen molar-refractivity contribution in [2.24, 2.45) is 0 Å². The van der Waals surface area contributed by atoms with Crippen LogP contribution in [0, 0.1) is 0 Å². The van der Waals surface area contributed by atoms with Gasteiger partial charge in [-0.2, -0.15) is 8.97 Å². The summed E-state index contributed by atoms with van der Waals surface area (Å²) in [6, 6.07) is 10.0. The Morgan fingerprint density at radius 1 is 1.23 bits per heavy atom. The zero-order valence-electron chi connectivity index (χ0n) is 13.3. The van der Waals surface area contributed by atoms with Gasteiger partial charge in [0.25, 0.3) is 16.7 Å². The third-order valence-electron chi connectivity index (χ3n) is 3.33. The van der Waals surface area contributed by atoms with Gasteiger partial charge in [0.15, 0.2) is 5.69 Å². The molecule has 0 atom stereocenters. The van der Waals surface area contributed by atoms with E-state index in [1.54, 1.807) is 22.8 Å². The molecule has 0 unspecified atom stereocenters. The second-order valence-corrected chi connectivity index (χ2v) is 7.22. The molecule has 2 heterocycles. The summed E-state index contributed by atoms with van der Waals surface area (Å²) in [7, 11) is 0. The molecule has 1 aromatic carbocycles. The third kappa shape index (κ3) is 2.52. The first-order chi connectivity index (χ1) is 10.4. The van der Waals surface area contributed by atoms with Crippen LogP contribution in [0.1, 0.15) is 32.5 Å². The number of thiazole rings is 1. The number of rotatable bonds is 2. The summed E-state index contributed by atoms with van der Waals surface area (Å²) in [5.74, 6) is 0.964. The molecule has 0 aliphatic heterocycles. The molecule has 114 valence electrons. The van der Waals surface area contributed by atoms with Crippen molar-refractivity contribution in [2.45, 2.75) is 33.2 Å². The Morgan fingerprint density at radius 2 is 1.91 bits per heavy atom. The van der Waals surface area contributed by atoms with E-state index in [9.17, 15) is 4.79 Å². The maximum Gasteiger partial charge on any atom is 0.299 e. The largest absolute Gasteiger partial charge is 0.299 e. The van der Waals surface area contributed by atoms with Gasteiger partial charge in [0.1, 0.15) is 0 Å². The molecule has 0 aliphatic rings. The number of carbonyl (C=O) groups excluding carboxylic acids is 1. The van der Waals surface area contributed by atoms with Gasteiger partial charge in [0.05, 0.1) is 11.7 Å². The van der Waals surface area contributed by atoms with Gasteiger partial charge in [-0.05, 0) is 20.8 Å². The fourth-order valence-electron chi connectivity index (χ4n) is 2.55. The summed E-state index contributed by atoms with van der Waals surface area (Å²) >= 11 is 1.56. The van der Waals surface area contributed by atoms with E-state index in [0.717, 1.165) is 22.0 Å². The minimum absolute atomic E-state index is 0.0146. The number of fused-ring (bicyclic) bond motifs is 1. The number of carbonyl (C=O) groups is 1. The molecule has 0 radical (unpaired) electrons. The summed E-state index contributed by atoms with van der Waals surface area (Å²) in [6.07, 6.45) is 2.00. The predicted octanol–water partition coefficient (Wildman–Crippen LogP) is 3.83. The average molecular weight is 314 g/mol. The Bertz CT molecular complexity index is 825. The highest BCUT2D eigenvalue weighted by Crippen LogP contribution is 2.31. The quantitative estimate of drug-likeness (QED) is 0.730. The molecule has 3 rings (SSSR count). The molecule has 0 bridgehead atoms. The molecular weight excluding hydrogens is 294 g/mol. The molecule has 0 aliphatic carbocycles. The number of imidazole rings is 1. The molecule has 5 heteroatoms. The van der Waals surface area contributed by atoms with Crippen LogP contribution in [-0.2, 0) is 0 Å². The number of nitrogens with zero attached hydrogens (tertiary/aromatic N) is 2. The van der Waals surface area contributed by atoms with Crippen LogP contribution < -0.4 is 9.72 Å². The van der Waals surface area contributed by atoms with Crippen molar-refractivity contribution in [3.8, 4) is 11.3 Å². The second-order valence-electron chi connectivity index (χ2n) is 6.35. The lowest BCUT2D eigenvalue weighted by Gasteiger charge is -2.17. The van der Waals surface area contributed by atoms with Crippen LogP contribution in [0.4, 0.5) is 5.82 Å². The van der Waals surface area contributed by atoms with Gasteiger partial charge in [0, 0.05) is 17.9 Å². The molecule has 0 saturated heterocycles. The Morgan fingerprint density at radius 3 is 2.50 bits per heavy atom. The fourth-order valence-corrected chi connectivity index (χ4v) is 3.44. The summed E-state index contributed by atoms with van der Waals surface area (Å²) in [5, 5.41) is 5.55. The fraction of sp³-hybridized carbons (Fsp3) is 0.294. The lowest BCUT2D eigenvalue weighted by atomic mass is 10.1. The zero-order chi connectivity index (χ0) is 15.9. The number of hydrogen-bond donors (Lipinski definition) is 1. The van der Waals surface area contributed by atoms with Gasteiger partial charge in [-0.3, -0.25) is 10.1 Å². The lowest BCUT2D eigenvalue weighted by Crippen LogP contribution is -2.32. The van der Waals surface area contributed by atoms with Gasteiger partial charge in [-0.1, -0.05) is 41.7 Å².